The van der Waals surface area contributed by atoms with E-state index >= 15 is 0 Å². The van der Waals surface area contributed by atoms with E-state index in [1.165, 1.54) is 19.1 Å². The van der Waals surface area contributed by atoms with Crippen molar-refractivity contribution in [1.82, 2.24) is 4.90 Å². The second-order valence-corrected chi connectivity index (χ2v) is 16.1. The van der Waals surface area contributed by atoms with Gasteiger partial charge >= 0.3 is 5.97 Å². The number of rotatable bonds is 4. The summed E-state index contributed by atoms with van der Waals surface area (Å²) in [5, 5.41) is 33.3. The third-order valence-electron chi connectivity index (χ3n) is 11.9. The summed E-state index contributed by atoms with van der Waals surface area (Å²) in [6.07, 6.45) is 5.22. The van der Waals surface area contributed by atoms with Crippen molar-refractivity contribution >= 4 is 23.4 Å². The van der Waals surface area contributed by atoms with Crippen molar-refractivity contribution in [2.24, 2.45) is 23.7 Å². The Balaban J connectivity index is 1.72. The molecule has 0 aromatic carbocycles. The van der Waals surface area contributed by atoms with Gasteiger partial charge in [0.2, 0.25) is 5.79 Å². The number of Topliss-reactive ketones (excluding diaryl/α,β-unsaturated/α-hetero) is 2. The molecule has 52 heavy (non-hydrogen) atoms. The second kappa shape index (κ2) is 18.7. The maximum atomic E-state index is 14.1. The fourth-order valence-electron chi connectivity index (χ4n) is 8.59. The van der Waals surface area contributed by atoms with Gasteiger partial charge in [-0.1, -0.05) is 38.5 Å². The van der Waals surface area contributed by atoms with E-state index in [1.807, 2.05) is 32.9 Å². The summed E-state index contributed by atoms with van der Waals surface area (Å²) in [7, 11) is 3.06. The Hall–Kier alpha value is -2.48. The highest BCUT2D eigenvalue weighted by Crippen LogP contribution is 2.39. The Morgan fingerprint density at radius 1 is 0.942 bits per heavy atom. The molecule has 0 aromatic rings. The molecule has 3 heterocycles. The van der Waals surface area contributed by atoms with Gasteiger partial charge in [-0.3, -0.25) is 14.4 Å². The fourth-order valence-corrected chi connectivity index (χ4v) is 8.59. The molecule has 1 saturated carbocycles. The van der Waals surface area contributed by atoms with Crippen LogP contribution in [0.1, 0.15) is 112 Å². The van der Waals surface area contributed by atoms with Crippen LogP contribution in [0.4, 0.5) is 0 Å². The molecule has 3 fully saturated rings. The number of esters is 1. The van der Waals surface area contributed by atoms with E-state index in [0.717, 1.165) is 18.4 Å². The largest absolute Gasteiger partial charge is 0.456 e. The maximum Gasteiger partial charge on any atom is 0.329 e. The summed E-state index contributed by atoms with van der Waals surface area (Å²) >= 11 is 0. The van der Waals surface area contributed by atoms with Crippen molar-refractivity contribution in [3.8, 4) is 0 Å². The number of carbonyl (C=O) groups excluding carboxylic acids is 4. The summed E-state index contributed by atoms with van der Waals surface area (Å²) in [4.78, 5) is 56.7. The van der Waals surface area contributed by atoms with E-state index < -0.39 is 71.8 Å². The molecule has 4 rings (SSSR count). The van der Waals surface area contributed by atoms with Gasteiger partial charge in [-0.2, -0.15) is 0 Å². The topological polar surface area (TPSA) is 169 Å². The van der Waals surface area contributed by atoms with Crippen LogP contribution in [0.25, 0.3) is 0 Å². The van der Waals surface area contributed by atoms with Crippen LogP contribution in [0.2, 0.25) is 0 Å². The van der Waals surface area contributed by atoms with Crippen molar-refractivity contribution in [2.45, 2.75) is 160 Å². The first-order chi connectivity index (χ1) is 24.6. The molecule has 1 amide bonds. The van der Waals surface area contributed by atoms with E-state index in [1.54, 1.807) is 13.8 Å². The van der Waals surface area contributed by atoms with Gasteiger partial charge in [-0.25, -0.2) is 4.79 Å². The zero-order chi connectivity index (χ0) is 38.3. The van der Waals surface area contributed by atoms with E-state index in [9.17, 15) is 34.5 Å². The monoisotopic (exact) mass is 733 g/mol. The lowest BCUT2D eigenvalue weighted by Crippen LogP contribution is -2.64. The number of amides is 1. The molecule has 2 bridgehead atoms. The van der Waals surface area contributed by atoms with Crippen LogP contribution in [0.15, 0.2) is 23.3 Å². The predicted octanol–water partition coefficient (Wildman–Crippen LogP) is 4.21. The fraction of sp³-hybridized carbons (Fsp3) is 0.800. The van der Waals surface area contributed by atoms with Crippen molar-refractivity contribution < 1.29 is 53.4 Å². The third kappa shape index (κ3) is 10.2. The van der Waals surface area contributed by atoms with Crippen LogP contribution in [0.5, 0.6) is 0 Å². The zero-order valence-electron chi connectivity index (χ0n) is 32.3. The Bertz CT molecular complexity index is 1320. The Labute approximate surface area is 309 Å². The van der Waals surface area contributed by atoms with Gasteiger partial charge in [0.15, 0.2) is 0 Å². The minimum absolute atomic E-state index is 0.0575. The molecule has 4 aliphatic rings. The van der Waals surface area contributed by atoms with Crippen molar-refractivity contribution in [3.05, 3.63) is 23.3 Å². The molecule has 10 atom stereocenters. The van der Waals surface area contributed by atoms with Crippen LogP contribution in [0, 0.1) is 23.7 Å². The van der Waals surface area contributed by atoms with Crippen molar-refractivity contribution in [3.63, 3.8) is 0 Å². The molecular weight excluding hydrogens is 670 g/mol. The summed E-state index contributed by atoms with van der Waals surface area (Å²) in [6.45, 7) is 9.32. The highest BCUT2D eigenvalue weighted by molar-refractivity contribution is 6.39. The second-order valence-electron chi connectivity index (χ2n) is 16.1. The van der Waals surface area contributed by atoms with E-state index in [2.05, 4.69) is 0 Å². The number of methoxy groups -OCH3 is 2. The highest BCUT2D eigenvalue weighted by Gasteiger charge is 2.56. The number of aliphatic hydroxyl groups excluding tert-OH is 2. The number of fused-ring (bicyclic) bond motifs is 3. The van der Waals surface area contributed by atoms with E-state index in [-0.39, 0.29) is 56.0 Å². The van der Waals surface area contributed by atoms with Gasteiger partial charge in [-0.15, -0.1) is 0 Å². The summed E-state index contributed by atoms with van der Waals surface area (Å²) in [5.41, 5.74) is 1.70. The number of allylic oxidation sites excluding steroid dienone is 3. The zero-order valence-corrected chi connectivity index (χ0v) is 32.3. The van der Waals surface area contributed by atoms with Gasteiger partial charge in [0.05, 0.1) is 24.4 Å². The smallest absolute Gasteiger partial charge is 0.329 e. The normalized spacial score (nSPS) is 40.0. The molecule has 12 nitrogen and oxygen atoms in total. The van der Waals surface area contributed by atoms with Gasteiger partial charge < -0.3 is 39.2 Å². The van der Waals surface area contributed by atoms with Gasteiger partial charge in [0.25, 0.3) is 11.7 Å². The standard InChI is InChI=1S/C40H63NO11/c1-23-11-14-30(43)22-32(44)27(5)35(25(3)20-28-12-15-29(42)16-13-28)51-39(47)31-10-8-9-17-41(31)38(46)37(45)40(48)26(4)21-34(50-7)36(52-40)33(49-6)19-24(2)18-23/h11,20,24,26-29,31-36,42,44,48H,8-10,12-19,21-22H2,1-7H3. The number of aliphatic hydroxyl groups is 3. The number of hydrogen-bond donors (Lipinski definition) is 3. The van der Waals surface area contributed by atoms with Crippen LogP contribution >= 0.6 is 0 Å². The average molecular weight is 734 g/mol. The van der Waals surface area contributed by atoms with Crippen molar-refractivity contribution in [1.29, 1.82) is 0 Å². The Morgan fingerprint density at radius 2 is 1.60 bits per heavy atom. The quantitative estimate of drug-likeness (QED) is 0.215. The number of ketones is 2. The molecule has 3 N–H and O–H groups in total. The minimum Gasteiger partial charge on any atom is -0.456 e. The molecule has 1 aliphatic carbocycles. The van der Waals surface area contributed by atoms with Crippen LogP contribution in [-0.4, -0.2) is 113 Å². The Kier molecular flexibility index (Phi) is 15.2. The first-order valence-corrected chi connectivity index (χ1v) is 19.3. The summed E-state index contributed by atoms with van der Waals surface area (Å²) < 4.78 is 24.0. The van der Waals surface area contributed by atoms with Gasteiger partial charge in [0, 0.05) is 45.4 Å². The first-order valence-electron chi connectivity index (χ1n) is 19.3. The van der Waals surface area contributed by atoms with Crippen LogP contribution < -0.4 is 0 Å². The lowest BCUT2D eigenvalue weighted by atomic mass is 9.82. The molecule has 2 saturated heterocycles. The molecule has 3 aliphatic heterocycles. The molecule has 10 unspecified atom stereocenters. The lowest BCUT2D eigenvalue weighted by Gasteiger charge is -2.47. The van der Waals surface area contributed by atoms with Gasteiger partial charge in [0.1, 0.15) is 24.0 Å². The average Bonchev–Trinajstić information content (AvgIpc) is 3.12. The molecule has 12 heteroatoms. The molecule has 0 radical (unpaired) electrons. The molecule has 0 aromatic heterocycles. The molecular formula is C40H63NO11. The number of hydrogen-bond acceptors (Lipinski definition) is 11. The lowest BCUT2D eigenvalue weighted by molar-refractivity contribution is -0.302. The number of piperidine rings is 1. The van der Waals surface area contributed by atoms with Gasteiger partial charge in [-0.05, 0) is 95.5 Å². The number of ether oxygens (including phenoxy) is 4. The number of cyclic esters (lactones) is 1. The maximum absolute atomic E-state index is 14.1. The molecule has 0 spiro atoms. The molecule has 294 valence electrons. The Morgan fingerprint density at radius 3 is 2.25 bits per heavy atom. The summed E-state index contributed by atoms with van der Waals surface area (Å²) in [6, 6.07) is -1.10. The van der Waals surface area contributed by atoms with E-state index in [4.69, 9.17) is 18.9 Å². The predicted molar refractivity (Wildman–Crippen MR) is 193 cm³/mol. The van der Waals surface area contributed by atoms with Crippen LogP contribution in [-0.2, 0) is 38.1 Å². The SMILES string of the molecule is COC1CC(C)CC(C)=CCC(=O)CC(O)C(C)C(C(C)=CC2CCC(O)CC2)OC(=O)C2CCCCN2C(=O)C(=O)C2(O)OC1C(OC)CC2C. The van der Waals surface area contributed by atoms with Crippen LogP contribution in [0.3, 0.4) is 0 Å². The minimum atomic E-state index is -2.48. The third-order valence-corrected chi connectivity index (χ3v) is 11.9. The number of carbonyl (C=O) groups is 4. The number of nitrogens with zero attached hydrogens (tertiary/aromatic N) is 1. The van der Waals surface area contributed by atoms with Crippen molar-refractivity contribution in [2.75, 3.05) is 20.8 Å². The first kappa shape index (κ1) is 42.3. The highest BCUT2D eigenvalue weighted by atomic mass is 16.7. The van der Waals surface area contributed by atoms with E-state index in [0.29, 0.717) is 44.1 Å². The summed E-state index contributed by atoms with van der Waals surface area (Å²) in [5.74, 6) is -6.79.